The first-order chi connectivity index (χ1) is 18.6. The van der Waals surface area contributed by atoms with Crippen LogP contribution >= 0.6 is 15.9 Å². The van der Waals surface area contributed by atoms with Crippen molar-refractivity contribution in [1.82, 2.24) is 14.3 Å². The van der Waals surface area contributed by atoms with Crippen molar-refractivity contribution in [1.29, 1.82) is 0 Å². The van der Waals surface area contributed by atoms with Gasteiger partial charge in [0.2, 0.25) is 10.0 Å². The summed E-state index contributed by atoms with van der Waals surface area (Å²) in [7, 11) is -3.91. The molecule has 9 heteroatoms. The van der Waals surface area contributed by atoms with E-state index in [-0.39, 0.29) is 18.0 Å². The Bertz CT molecular complexity index is 1560. The van der Waals surface area contributed by atoms with Crippen molar-refractivity contribution >= 4 is 38.1 Å². The molecule has 39 heavy (non-hydrogen) atoms. The number of aromatic nitrogens is 1. The van der Waals surface area contributed by atoms with Crippen molar-refractivity contribution in [3.8, 4) is 5.69 Å². The largest absolute Gasteiger partial charge is 0.318 e. The molecule has 0 bridgehead atoms. The summed E-state index contributed by atoms with van der Waals surface area (Å²) in [5.41, 5.74) is 8.60. The van der Waals surface area contributed by atoms with Crippen LogP contribution in [0.3, 0.4) is 0 Å². The highest BCUT2D eigenvalue weighted by atomic mass is 79.9. The minimum Gasteiger partial charge on any atom is -0.318 e. The fourth-order valence-corrected chi connectivity index (χ4v) is 5.98. The Morgan fingerprint density at radius 3 is 2.31 bits per heavy atom. The van der Waals surface area contributed by atoms with Crippen LogP contribution in [0.2, 0.25) is 0 Å². The van der Waals surface area contributed by atoms with Crippen LogP contribution in [0.4, 0.5) is 0 Å². The van der Waals surface area contributed by atoms with E-state index in [1.54, 1.807) is 18.3 Å². The molecule has 4 aromatic rings. The molecular formula is C30H31BrN4O3S. The Balaban J connectivity index is 1.48. The average Bonchev–Trinajstić information content (AvgIpc) is 3.20. The van der Waals surface area contributed by atoms with Crippen molar-refractivity contribution < 1.29 is 13.2 Å². The smallest absolute Gasteiger partial charge is 0.255 e. The maximum absolute atomic E-state index is 13.4. The maximum Gasteiger partial charge on any atom is 0.255 e. The van der Waals surface area contributed by atoms with Gasteiger partial charge >= 0.3 is 0 Å². The standard InChI is InChI=1S/C30H31BrN4O3S/c1-22-9-13-28(14-10-22)35-23(2)19-26(24(35)3)20-32-33-30(36)21-34(18-17-25-7-5-4-6-8-25)39(37,38)29-15-11-27(31)12-16-29/h4-16,19-20H,17-18,21H2,1-3H3,(H,33,36)/b32-20+. The molecule has 1 N–H and O–H groups in total. The summed E-state index contributed by atoms with van der Waals surface area (Å²) < 4.78 is 30.9. The fourth-order valence-electron chi connectivity index (χ4n) is 4.32. The Labute approximate surface area is 238 Å². The molecule has 1 aromatic heterocycles. The topological polar surface area (TPSA) is 83.8 Å². The van der Waals surface area contributed by atoms with E-state index >= 15 is 0 Å². The van der Waals surface area contributed by atoms with Crippen LogP contribution in [0, 0.1) is 20.8 Å². The van der Waals surface area contributed by atoms with E-state index in [4.69, 9.17) is 0 Å². The molecule has 3 aromatic carbocycles. The van der Waals surface area contributed by atoms with E-state index in [0.29, 0.717) is 6.42 Å². The third-order valence-corrected chi connectivity index (χ3v) is 8.81. The predicted molar refractivity (Wildman–Crippen MR) is 159 cm³/mol. The van der Waals surface area contributed by atoms with Gasteiger partial charge < -0.3 is 4.57 Å². The van der Waals surface area contributed by atoms with E-state index < -0.39 is 15.9 Å². The second kappa shape index (κ2) is 12.5. The van der Waals surface area contributed by atoms with Gasteiger partial charge in [0, 0.05) is 33.7 Å². The van der Waals surface area contributed by atoms with Gasteiger partial charge in [-0.05, 0) is 75.2 Å². The first-order valence-electron chi connectivity index (χ1n) is 12.5. The number of aryl methyl sites for hydroxylation is 2. The Hall–Kier alpha value is -3.53. The second-order valence-corrected chi connectivity index (χ2v) is 12.2. The lowest BCUT2D eigenvalue weighted by Crippen LogP contribution is -2.40. The predicted octanol–water partition coefficient (Wildman–Crippen LogP) is 5.55. The number of nitrogens with zero attached hydrogens (tertiary/aromatic N) is 3. The summed E-state index contributed by atoms with van der Waals surface area (Å²) >= 11 is 3.34. The monoisotopic (exact) mass is 606 g/mol. The van der Waals surface area contributed by atoms with Gasteiger partial charge in [-0.15, -0.1) is 0 Å². The molecule has 1 heterocycles. The summed E-state index contributed by atoms with van der Waals surface area (Å²) in [5, 5.41) is 4.14. The number of halogens is 1. The number of rotatable bonds is 10. The molecule has 0 aliphatic rings. The van der Waals surface area contributed by atoms with Gasteiger partial charge in [0.15, 0.2) is 0 Å². The highest BCUT2D eigenvalue weighted by molar-refractivity contribution is 9.10. The molecule has 0 saturated heterocycles. The second-order valence-electron chi connectivity index (χ2n) is 9.32. The van der Waals surface area contributed by atoms with Crippen molar-refractivity contribution in [2.45, 2.75) is 32.1 Å². The first-order valence-corrected chi connectivity index (χ1v) is 14.8. The molecule has 7 nitrogen and oxygen atoms in total. The van der Waals surface area contributed by atoms with Crippen LogP contribution in [0.25, 0.3) is 5.69 Å². The Morgan fingerprint density at radius 1 is 0.974 bits per heavy atom. The van der Waals surface area contributed by atoms with Gasteiger partial charge in [-0.25, -0.2) is 13.8 Å². The van der Waals surface area contributed by atoms with E-state index in [1.807, 2.05) is 57.2 Å². The van der Waals surface area contributed by atoms with Gasteiger partial charge in [0.25, 0.3) is 5.91 Å². The summed E-state index contributed by atoms with van der Waals surface area (Å²) in [6.45, 7) is 5.85. The lowest BCUT2D eigenvalue weighted by molar-refractivity contribution is -0.121. The summed E-state index contributed by atoms with van der Waals surface area (Å²) in [5.74, 6) is -0.521. The van der Waals surface area contributed by atoms with E-state index in [9.17, 15) is 13.2 Å². The number of hydrazone groups is 1. The quantitative estimate of drug-likeness (QED) is 0.190. The minimum atomic E-state index is -3.91. The van der Waals surface area contributed by atoms with Crippen molar-refractivity contribution in [2.24, 2.45) is 5.10 Å². The number of carbonyl (C=O) groups is 1. The lowest BCUT2D eigenvalue weighted by atomic mass is 10.1. The number of amides is 1. The van der Waals surface area contributed by atoms with Crippen molar-refractivity contribution in [3.05, 3.63) is 117 Å². The highest BCUT2D eigenvalue weighted by Gasteiger charge is 2.26. The van der Waals surface area contributed by atoms with Gasteiger partial charge in [0.1, 0.15) is 0 Å². The van der Waals surface area contributed by atoms with Crippen LogP contribution in [-0.2, 0) is 21.2 Å². The molecule has 0 aliphatic carbocycles. The number of carbonyl (C=O) groups excluding carboxylic acids is 1. The van der Waals surface area contributed by atoms with E-state index in [2.05, 4.69) is 55.3 Å². The number of nitrogens with one attached hydrogen (secondary N) is 1. The molecule has 0 aliphatic heterocycles. The zero-order chi connectivity index (χ0) is 28.0. The number of benzene rings is 3. The molecule has 0 saturated carbocycles. The van der Waals surface area contributed by atoms with Crippen LogP contribution in [-0.4, -0.2) is 42.5 Å². The molecule has 0 radical (unpaired) electrons. The molecule has 0 unspecified atom stereocenters. The first kappa shape index (κ1) is 28.5. The highest BCUT2D eigenvalue weighted by Crippen LogP contribution is 2.21. The van der Waals surface area contributed by atoms with Crippen molar-refractivity contribution in [3.63, 3.8) is 0 Å². The molecule has 4 rings (SSSR count). The zero-order valence-corrected chi connectivity index (χ0v) is 24.5. The van der Waals surface area contributed by atoms with Crippen LogP contribution in [0.15, 0.2) is 99.4 Å². The van der Waals surface area contributed by atoms with E-state index in [1.165, 1.54) is 22.0 Å². The van der Waals surface area contributed by atoms with Crippen LogP contribution in [0.5, 0.6) is 0 Å². The zero-order valence-electron chi connectivity index (χ0n) is 22.1. The molecule has 202 valence electrons. The summed E-state index contributed by atoms with van der Waals surface area (Å²) in [4.78, 5) is 13.0. The number of sulfonamides is 1. The summed E-state index contributed by atoms with van der Waals surface area (Å²) in [6, 6.07) is 26.2. The number of hydrogen-bond donors (Lipinski definition) is 1. The molecule has 0 atom stereocenters. The third-order valence-electron chi connectivity index (χ3n) is 6.42. The lowest BCUT2D eigenvalue weighted by Gasteiger charge is -2.21. The SMILES string of the molecule is Cc1ccc(-n2c(C)cc(/C=N/NC(=O)CN(CCc3ccccc3)S(=O)(=O)c3ccc(Br)cc3)c2C)cc1. The molecular weight excluding hydrogens is 576 g/mol. The van der Waals surface area contributed by atoms with Crippen molar-refractivity contribution in [2.75, 3.05) is 13.1 Å². The molecule has 0 spiro atoms. The van der Waals surface area contributed by atoms with Gasteiger partial charge in [-0.1, -0.05) is 64.0 Å². The number of hydrogen-bond acceptors (Lipinski definition) is 4. The summed E-state index contributed by atoms with van der Waals surface area (Å²) in [6.07, 6.45) is 2.06. The molecule has 0 fully saturated rings. The fraction of sp³-hybridized carbons (Fsp3) is 0.200. The van der Waals surface area contributed by atoms with Gasteiger partial charge in [-0.3, -0.25) is 4.79 Å². The third kappa shape index (κ3) is 7.11. The Kier molecular flexibility index (Phi) is 9.16. The van der Waals surface area contributed by atoms with Gasteiger partial charge in [-0.2, -0.15) is 9.41 Å². The average molecular weight is 608 g/mol. The van der Waals surface area contributed by atoms with Crippen LogP contribution < -0.4 is 5.43 Å². The minimum absolute atomic E-state index is 0.124. The maximum atomic E-state index is 13.4. The molecule has 1 amide bonds. The normalized spacial score (nSPS) is 11.8. The van der Waals surface area contributed by atoms with E-state index in [0.717, 1.165) is 32.7 Å². The van der Waals surface area contributed by atoms with Gasteiger partial charge in [0.05, 0.1) is 17.7 Å². The van der Waals surface area contributed by atoms with Crippen LogP contribution in [0.1, 0.15) is 28.1 Å². The Morgan fingerprint density at radius 2 is 1.64 bits per heavy atom.